The zero-order valence-electron chi connectivity index (χ0n) is 37.6. The second kappa shape index (κ2) is 39.7. The number of allylic oxidation sites excluding steroid dienone is 6. The van der Waals surface area contributed by atoms with E-state index in [9.17, 15) is 19.0 Å². The maximum Gasteiger partial charge on any atom is 0.472 e. The normalized spacial score (nSPS) is 13.9. The van der Waals surface area contributed by atoms with E-state index >= 15 is 0 Å². The van der Waals surface area contributed by atoms with Crippen molar-refractivity contribution in [2.45, 2.75) is 206 Å². The van der Waals surface area contributed by atoms with Gasteiger partial charge in [0.05, 0.1) is 27.7 Å². The molecular weight excluding hydrogens is 737 g/mol. The number of carbonyl (C=O) groups excluding carboxylic acids is 2. The van der Waals surface area contributed by atoms with Crippen LogP contribution in [0.3, 0.4) is 0 Å². The van der Waals surface area contributed by atoms with Crippen molar-refractivity contribution >= 4 is 19.8 Å². The number of carbonyl (C=O) groups is 2. The van der Waals surface area contributed by atoms with E-state index in [0.29, 0.717) is 17.4 Å². The molecule has 0 aliphatic heterocycles. The van der Waals surface area contributed by atoms with E-state index in [1.165, 1.54) is 103 Å². The SMILES string of the molecule is CCCC/C=C\C/C=C\CCCCCCCC(=O)O[C@H](COC(=O)CCCCCCCCC/C=C\CCCCCCCCCC)COP(=O)(O)OCC[N+](C)(C)C. The van der Waals surface area contributed by atoms with Crippen LogP contribution in [0.1, 0.15) is 200 Å². The number of ether oxygens (including phenoxy) is 2. The lowest BCUT2D eigenvalue weighted by Crippen LogP contribution is -2.37. The van der Waals surface area contributed by atoms with Crippen molar-refractivity contribution in [3.63, 3.8) is 0 Å². The first kappa shape index (κ1) is 55.2. The minimum atomic E-state index is -4.38. The van der Waals surface area contributed by atoms with Crippen molar-refractivity contribution in [2.75, 3.05) is 47.5 Å². The van der Waals surface area contributed by atoms with Crippen LogP contribution in [-0.2, 0) is 32.7 Å². The molecule has 0 spiro atoms. The summed E-state index contributed by atoms with van der Waals surface area (Å²) in [4.78, 5) is 35.4. The molecule has 334 valence electrons. The third-order valence-electron chi connectivity index (χ3n) is 9.89. The van der Waals surface area contributed by atoms with Crippen LogP contribution in [0.25, 0.3) is 0 Å². The lowest BCUT2D eigenvalue weighted by Gasteiger charge is -2.24. The van der Waals surface area contributed by atoms with Crippen LogP contribution in [0.4, 0.5) is 0 Å². The Morgan fingerprint density at radius 2 is 0.965 bits per heavy atom. The monoisotopic (exact) mass is 827 g/mol. The van der Waals surface area contributed by atoms with Gasteiger partial charge in [-0.3, -0.25) is 18.6 Å². The molecule has 0 amide bonds. The van der Waals surface area contributed by atoms with Crippen molar-refractivity contribution in [1.82, 2.24) is 0 Å². The molecule has 0 saturated carbocycles. The molecular formula is C47H89NO8P+. The Kier molecular flexibility index (Phi) is 38.4. The van der Waals surface area contributed by atoms with Crippen LogP contribution in [0, 0.1) is 0 Å². The average molecular weight is 827 g/mol. The van der Waals surface area contributed by atoms with E-state index in [1.807, 2.05) is 21.1 Å². The molecule has 1 unspecified atom stereocenters. The third-order valence-corrected chi connectivity index (χ3v) is 10.9. The number of phosphoric ester groups is 1. The molecule has 0 radical (unpaired) electrons. The van der Waals surface area contributed by atoms with E-state index in [0.717, 1.165) is 64.2 Å². The molecule has 0 aliphatic rings. The molecule has 0 aromatic carbocycles. The molecule has 9 nitrogen and oxygen atoms in total. The van der Waals surface area contributed by atoms with E-state index in [2.05, 4.69) is 50.3 Å². The fourth-order valence-electron chi connectivity index (χ4n) is 6.20. The van der Waals surface area contributed by atoms with Crippen LogP contribution >= 0.6 is 7.82 Å². The van der Waals surface area contributed by atoms with Gasteiger partial charge in [-0.15, -0.1) is 0 Å². The summed E-state index contributed by atoms with van der Waals surface area (Å²) in [6, 6.07) is 0. The zero-order chi connectivity index (χ0) is 42.1. The van der Waals surface area contributed by atoms with Crippen molar-refractivity contribution in [1.29, 1.82) is 0 Å². The Balaban J connectivity index is 4.32. The van der Waals surface area contributed by atoms with Gasteiger partial charge in [0.15, 0.2) is 6.10 Å². The summed E-state index contributed by atoms with van der Waals surface area (Å²) in [6.07, 6.45) is 44.7. The average Bonchev–Trinajstić information content (AvgIpc) is 3.16. The summed E-state index contributed by atoms with van der Waals surface area (Å²) in [5.41, 5.74) is 0. The molecule has 57 heavy (non-hydrogen) atoms. The maximum absolute atomic E-state index is 12.7. The quantitative estimate of drug-likeness (QED) is 0.0213. The summed E-state index contributed by atoms with van der Waals surface area (Å²) >= 11 is 0. The van der Waals surface area contributed by atoms with Crippen molar-refractivity contribution in [3.8, 4) is 0 Å². The number of esters is 2. The highest BCUT2D eigenvalue weighted by Crippen LogP contribution is 2.43. The van der Waals surface area contributed by atoms with Gasteiger partial charge in [0.25, 0.3) is 0 Å². The number of hydrogen-bond donors (Lipinski definition) is 1. The number of likely N-dealkylation sites (N-methyl/N-ethyl adjacent to an activating group) is 1. The number of hydrogen-bond acceptors (Lipinski definition) is 7. The Labute approximate surface area is 351 Å². The lowest BCUT2D eigenvalue weighted by molar-refractivity contribution is -0.870. The number of unbranched alkanes of at least 4 members (excludes halogenated alkanes) is 22. The lowest BCUT2D eigenvalue weighted by atomic mass is 10.1. The topological polar surface area (TPSA) is 108 Å². The fourth-order valence-corrected chi connectivity index (χ4v) is 6.94. The molecule has 0 fully saturated rings. The molecule has 0 rings (SSSR count). The molecule has 0 bridgehead atoms. The molecule has 0 aliphatic carbocycles. The smallest absolute Gasteiger partial charge is 0.462 e. The predicted molar refractivity (Wildman–Crippen MR) is 238 cm³/mol. The highest BCUT2D eigenvalue weighted by molar-refractivity contribution is 7.47. The largest absolute Gasteiger partial charge is 0.472 e. The van der Waals surface area contributed by atoms with Crippen molar-refractivity contribution < 1.29 is 42.1 Å². The van der Waals surface area contributed by atoms with Gasteiger partial charge in [-0.2, -0.15) is 0 Å². The van der Waals surface area contributed by atoms with Crippen molar-refractivity contribution in [2.24, 2.45) is 0 Å². The highest BCUT2D eigenvalue weighted by atomic mass is 31.2. The zero-order valence-corrected chi connectivity index (χ0v) is 38.5. The third kappa shape index (κ3) is 43.6. The minimum absolute atomic E-state index is 0.0280. The van der Waals surface area contributed by atoms with Gasteiger partial charge in [0.2, 0.25) is 0 Å². The van der Waals surface area contributed by atoms with Crippen LogP contribution < -0.4 is 0 Å². The molecule has 0 saturated heterocycles. The number of phosphoric acid groups is 1. The maximum atomic E-state index is 12.7. The second-order valence-corrected chi connectivity index (χ2v) is 18.2. The predicted octanol–water partition coefficient (Wildman–Crippen LogP) is 13.3. The van der Waals surface area contributed by atoms with E-state index in [1.54, 1.807) is 0 Å². The van der Waals surface area contributed by atoms with E-state index < -0.39 is 26.5 Å². The first-order chi connectivity index (χ1) is 27.5. The summed E-state index contributed by atoms with van der Waals surface area (Å²) in [5.74, 6) is -0.817. The van der Waals surface area contributed by atoms with Gasteiger partial charge in [-0.05, 0) is 64.2 Å². The van der Waals surface area contributed by atoms with Gasteiger partial charge in [-0.25, -0.2) is 4.57 Å². The van der Waals surface area contributed by atoms with E-state index in [-0.39, 0.29) is 32.0 Å². The van der Waals surface area contributed by atoms with Crippen LogP contribution in [0.15, 0.2) is 36.5 Å². The van der Waals surface area contributed by atoms with Gasteiger partial charge >= 0.3 is 19.8 Å². The summed E-state index contributed by atoms with van der Waals surface area (Å²) in [7, 11) is 1.46. The Hall–Kier alpha value is -1.77. The second-order valence-electron chi connectivity index (χ2n) is 16.8. The standard InChI is InChI=1S/C47H88NO8P/c1-6-8-10-12-14-16-18-20-22-23-24-25-26-28-29-31-33-35-37-39-46(49)53-43-45(44-55-57(51,52)54-42-41-48(3,4)5)56-47(50)40-38-36-34-32-30-27-21-19-17-15-13-11-9-7-2/h13,15,19,21,23-24,45H,6-12,14,16-18,20,22,25-44H2,1-5H3/p+1/b15-13-,21-19-,24-23-/t45-/m1/s1. The number of rotatable bonds is 42. The molecule has 0 aromatic rings. The van der Waals surface area contributed by atoms with E-state index in [4.69, 9.17) is 18.5 Å². The van der Waals surface area contributed by atoms with Gasteiger partial charge in [-0.1, -0.05) is 159 Å². The summed E-state index contributed by atoms with van der Waals surface area (Å²) < 4.78 is 34.3. The molecule has 0 heterocycles. The fraction of sp³-hybridized carbons (Fsp3) is 0.830. The molecule has 0 aromatic heterocycles. The molecule has 1 N–H and O–H groups in total. The first-order valence-corrected chi connectivity index (χ1v) is 24.7. The number of quaternary nitrogens is 1. The van der Waals surface area contributed by atoms with Crippen LogP contribution in [0.5, 0.6) is 0 Å². The Bertz CT molecular complexity index is 1070. The summed E-state index contributed by atoms with van der Waals surface area (Å²) in [6.45, 7) is 4.37. The van der Waals surface area contributed by atoms with Gasteiger partial charge in [0, 0.05) is 12.8 Å². The Morgan fingerprint density at radius 1 is 0.544 bits per heavy atom. The van der Waals surface area contributed by atoms with Crippen LogP contribution in [0.2, 0.25) is 0 Å². The molecule has 2 atom stereocenters. The highest BCUT2D eigenvalue weighted by Gasteiger charge is 2.27. The van der Waals surface area contributed by atoms with Crippen LogP contribution in [-0.4, -0.2) is 74.9 Å². The first-order valence-electron chi connectivity index (χ1n) is 23.2. The number of nitrogens with zero attached hydrogens (tertiary/aromatic N) is 1. The minimum Gasteiger partial charge on any atom is -0.462 e. The summed E-state index contributed by atoms with van der Waals surface area (Å²) in [5, 5.41) is 0. The van der Waals surface area contributed by atoms with Gasteiger partial charge in [0.1, 0.15) is 19.8 Å². The Morgan fingerprint density at radius 3 is 1.46 bits per heavy atom. The van der Waals surface area contributed by atoms with Gasteiger partial charge < -0.3 is 18.9 Å². The van der Waals surface area contributed by atoms with Crippen molar-refractivity contribution in [3.05, 3.63) is 36.5 Å². The molecule has 10 heteroatoms.